The molecule has 1 N–H and O–H groups in total. The van der Waals surface area contributed by atoms with Gasteiger partial charge < -0.3 is 14.8 Å². The maximum Gasteiger partial charge on any atom is 0.425 e. The van der Waals surface area contributed by atoms with Crippen LogP contribution in [0.2, 0.25) is 5.02 Å². The summed E-state index contributed by atoms with van der Waals surface area (Å²) in [5.41, 5.74) is -1.74. The first-order chi connectivity index (χ1) is 16.8. The lowest BCUT2D eigenvalue weighted by Gasteiger charge is -2.21. The molecule has 0 bridgehead atoms. The van der Waals surface area contributed by atoms with Crippen molar-refractivity contribution in [1.29, 1.82) is 0 Å². The fraction of sp³-hybridized carbons (Fsp3) is 0.217. The molecule has 36 heavy (non-hydrogen) atoms. The van der Waals surface area contributed by atoms with Gasteiger partial charge in [-0.1, -0.05) is 17.7 Å². The molecule has 1 amide bonds. The molecule has 13 heteroatoms. The number of carbonyl (C=O) groups excluding carboxylic acids is 2. The fourth-order valence-corrected chi connectivity index (χ4v) is 3.20. The maximum atomic E-state index is 15.1. The van der Waals surface area contributed by atoms with Gasteiger partial charge in [0.1, 0.15) is 17.4 Å². The second-order valence-corrected chi connectivity index (χ2v) is 7.77. The Hall–Kier alpha value is -3.80. The van der Waals surface area contributed by atoms with Crippen LogP contribution >= 0.6 is 11.6 Å². The quantitative estimate of drug-likeness (QED) is 0.323. The number of carbonyl (C=O) groups is 2. The number of alkyl halides is 3. The SMILES string of the molecule is COC(=O)c1ncc(-c2cc(O[C@@H](C)C(F)(F)F)c(C(=O)Nc3c(F)cccc3Cl)cc2F)nc1C. The minimum atomic E-state index is -4.82. The predicted molar refractivity (Wildman–Crippen MR) is 119 cm³/mol. The molecule has 3 aromatic rings. The summed E-state index contributed by atoms with van der Waals surface area (Å²) in [6.07, 6.45) is -6.21. The Bertz CT molecular complexity index is 1310. The van der Waals surface area contributed by atoms with E-state index in [4.69, 9.17) is 16.3 Å². The molecule has 7 nitrogen and oxygen atoms in total. The first kappa shape index (κ1) is 26.8. The van der Waals surface area contributed by atoms with Gasteiger partial charge in [0.05, 0.1) is 41.0 Å². The van der Waals surface area contributed by atoms with Gasteiger partial charge in [0.2, 0.25) is 0 Å². The minimum absolute atomic E-state index is 0.0564. The number of halogens is 6. The van der Waals surface area contributed by atoms with Crippen LogP contribution in [0.25, 0.3) is 11.3 Å². The predicted octanol–water partition coefficient (Wildman–Crippen LogP) is 5.75. The zero-order valence-corrected chi connectivity index (χ0v) is 19.6. The van der Waals surface area contributed by atoms with E-state index in [2.05, 4.69) is 20.0 Å². The topological polar surface area (TPSA) is 90.4 Å². The molecule has 0 radical (unpaired) electrons. The normalized spacial score (nSPS) is 12.1. The maximum absolute atomic E-state index is 15.1. The zero-order chi connectivity index (χ0) is 26.8. The molecule has 0 saturated heterocycles. The molecule has 0 aliphatic heterocycles. The van der Waals surface area contributed by atoms with Crippen molar-refractivity contribution >= 4 is 29.2 Å². The molecular weight excluding hydrogens is 513 g/mol. The lowest BCUT2D eigenvalue weighted by molar-refractivity contribution is -0.189. The van der Waals surface area contributed by atoms with Gasteiger partial charge in [-0.2, -0.15) is 13.2 Å². The van der Waals surface area contributed by atoms with Crippen LogP contribution in [0, 0.1) is 18.6 Å². The summed E-state index contributed by atoms with van der Waals surface area (Å²) in [4.78, 5) is 32.5. The Morgan fingerprint density at radius 2 is 1.83 bits per heavy atom. The van der Waals surface area contributed by atoms with Gasteiger partial charge in [-0.05, 0) is 38.1 Å². The van der Waals surface area contributed by atoms with E-state index >= 15 is 4.39 Å². The van der Waals surface area contributed by atoms with Crippen LogP contribution in [0.3, 0.4) is 0 Å². The number of anilines is 1. The third-order valence-electron chi connectivity index (χ3n) is 4.88. The Kier molecular flexibility index (Phi) is 7.77. The first-order valence-electron chi connectivity index (χ1n) is 10.1. The Morgan fingerprint density at radius 1 is 1.14 bits per heavy atom. The highest BCUT2D eigenvalue weighted by Gasteiger charge is 2.39. The van der Waals surface area contributed by atoms with E-state index in [-0.39, 0.29) is 27.7 Å². The summed E-state index contributed by atoms with van der Waals surface area (Å²) in [5.74, 6) is -4.64. The molecular formula is C23H17ClF5N3O4. The monoisotopic (exact) mass is 529 g/mol. The van der Waals surface area contributed by atoms with Crippen LogP contribution in [0.1, 0.15) is 33.5 Å². The number of hydrogen-bond donors (Lipinski definition) is 1. The number of nitrogens with zero attached hydrogens (tertiary/aromatic N) is 2. The third kappa shape index (κ3) is 5.70. The van der Waals surface area contributed by atoms with Gasteiger partial charge in [0, 0.05) is 5.56 Å². The van der Waals surface area contributed by atoms with Crippen molar-refractivity contribution in [2.45, 2.75) is 26.1 Å². The van der Waals surface area contributed by atoms with Crippen LogP contribution in [-0.4, -0.2) is 41.2 Å². The van der Waals surface area contributed by atoms with E-state index in [1.54, 1.807) is 0 Å². The van der Waals surface area contributed by atoms with Crippen molar-refractivity contribution in [3.63, 3.8) is 0 Å². The largest absolute Gasteiger partial charge is 0.480 e. The van der Waals surface area contributed by atoms with Crippen molar-refractivity contribution in [2.75, 3.05) is 12.4 Å². The van der Waals surface area contributed by atoms with Gasteiger partial charge in [-0.25, -0.2) is 23.5 Å². The summed E-state index contributed by atoms with van der Waals surface area (Å²) in [7, 11) is 1.13. The lowest BCUT2D eigenvalue weighted by atomic mass is 10.1. The van der Waals surface area contributed by atoms with E-state index in [0.717, 1.165) is 25.4 Å². The van der Waals surface area contributed by atoms with E-state index < -0.39 is 52.8 Å². The van der Waals surface area contributed by atoms with Crippen LogP contribution in [0.5, 0.6) is 5.75 Å². The summed E-state index contributed by atoms with van der Waals surface area (Å²) in [6, 6.07) is 4.98. The highest BCUT2D eigenvalue weighted by molar-refractivity contribution is 6.34. The van der Waals surface area contributed by atoms with Crippen LogP contribution in [0.4, 0.5) is 27.6 Å². The number of aromatic nitrogens is 2. The average molecular weight is 530 g/mol. The number of methoxy groups -OCH3 is 1. The molecule has 3 rings (SSSR count). The number of nitrogens with one attached hydrogen (secondary N) is 1. The summed E-state index contributed by atoms with van der Waals surface area (Å²) in [5, 5.41) is 1.92. The smallest absolute Gasteiger partial charge is 0.425 e. The third-order valence-corrected chi connectivity index (χ3v) is 5.20. The molecule has 1 aromatic heterocycles. The number of para-hydroxylation sites is 1. The van der Waals surface area contributed by atoms with Crippen LogP contribution in [0.15, 0.2) is 36.5 Å². The van der Waals surface area contributed by atoms with Gasteiger partial charge >= 0.3 is 12.1 Å². The van der Waals surface area contributed by atoms with Gasteiger partial charge in [0.25, 0.3) is 5.91 Å². The number of hydrogen-bond acceptors (Lipinski definition) is 6. The average Bonchev–Trinajstić information content (AvgIpc) is 2.81. The summed E-state index contributed by atoms with van der Waals surface area (Å²) >= 11 is 5.88. The Labute approximate surface area is 206 Å². The molecule has 0 fully saturated rings. The number of amides is 1. The van der Waals surface area contributed by atoms with Crippen molar-refractivity contribution in [2.24, 2.45) is 0 Å². The summed E-state index contributed by atoms with van der Waals surface area (Å²) < 4.78 is 78.3. The van der Waals surface area contributed by atoms with E-state index in [9.17, 15) is 27.2 Å². The second-order valence-electron chi connectivity index (χ2n) is 7.36. The van der Waals surface area contributed by atoms with Crippen molar-refractivity contribution in [3.05, 3.63) is 70.1 Å². The zero-order valence-electron chi connectivity index (χ0n) is 18.8. The lowest BCUT2D eigenvalue weighted by Crippen LogP contribution is -2.32. The number of rotatable bonds is 6. The highest BCUT2D eigenvalue weighted by Crippen LogP contribution is 2.34. The fourth-order valence-electron chi connectivity index (χ4n) is 2.99. The van der Waals surface area contributed by atoms with Crippen LogP contribution < -0.4 is 10.1 Å². The number of esters is 1. The molecule has 0 unspecified atom stereocenters. The van der Waals surface area contributed by atoms with Crippen LogP contribution in [-0.2, 0) is 4.74 Å². The Balaban J connectivity index is 2.10. The molecule has 0 aliphatic carbocycles. The van der Waals surface area contributed by atoms with Gasteiger partial charge in [-0.3, -0.25) is 4.79 Å². The number of aryl methyl sites for hydroxylation is 1. The summed E-state index contributed by atoms with van der Waals surface area (Å²) in [6.45, 7) is 2.08. The molecule has 2 aromatic carbocycles. The molecule has 0 spiro atoms. The molecule has 1 atom stereocenters. The standard InChI is InChI=1S/C23H17ClF5N3O4/c1-10-19(22(34)35-3)30-9-17(31-10)12-8-18(36-11(2)23(27,28)29)13(7-16(12)26)21(33)32-20-14(24)5-4-6-15(20)25/h4-9,11H,1-3H3,(H,32,33)/t11-/m0/s1. The van der Waals surface area contributed by atoms with E-state index in [1.807, 2.05) is 0 Å². The van der Waals surface area contributed by atoms with Gasteiger partial charge in [-0.15, -0.1) is 0 Å². The van der Waals surface area contributed by atoms with Crippen molar-refractivity contribution in [3.8, 4) is 17.0 Å². The van der Waals surface area contributed by atoms with E-state index in [0.29, 0.717) is 13.0 Å². The number of benzene rings is 2. The van der Waals surface area contributed by atoms with Gasteiger partial charge in [0.15, 0.2) is 11.8 Å². The first-order valence-corrected chi connectivity index (χ1v) is 10.5. The molecule has 1 heterocycles. The molecule has 0 aliphatic rings. The highest BCUT2D eigenvalue weighted by atomic mass is 35.5. The molecule has 190 valence electrons. The van der Waals surface area contributed by atoms with E-state index in [1.165, 1.54) is 19.1 Å². The Morgan fingerprint density at radius 3 is 2.42 bits per heavy atom. The second kappa shape index (κ2) is 10.4. The molecule has 0 saturated carbocycles. The van der Waals surface area contributed by atoms with Crippen molar-refractivity contribution < 1.29 is 41.0 Å². The number of ether oxygens (including phenoxy) is 2. The van der Waals surface area contributed by atoms with Crippen molar-refractivity contribution in [1.82, 2.24) is 9.97 Å². The minimum Gasteiger partial charge on any atom is -0.480 e.